The average molecular weight is 342 g/mol. The van der Waals surface area contributed by atoms with E-state index in [1.165, 1.54) is 0 Å². The van der Waals surface area contributed by atoms with Gasteiger partial charge >= 0.3 is 5.97 Å². The van der Waals surface area contributed by atoms with E-state index < -0.39 is 18.2 Å². The van der Waals surface area contributed by atoms with Crippen LogP contribution in [0.15, 0.2) is 28.7 Å². The van der Waals surface area contributed by atoms with E-state index >= 15 is 0 Å². The van der Waals surface area contributed by atoms with Gasteiger partial charge in [0.05, 0.1) is 0 Å². The van der Waals surface area contributed by atoms with E-state index in [0.717, 1.165) is 10.0 Å². The highest BCUT2D eigenvalue weighted by atomic mass is 79.9. The molecule has 1 aliphatic rings. The van der Waals surface area contributed by atoms with Crippen molar-refractivity contribution < 1.29 is 19.4 Å². The molecule has 0 spiro atoms. The van der Waals surface area contributed by atoms with Crippen LogP contribution in [0.3, 0.4) is 0 Å². The van der Waals surface area contributed by atoms with Gasteiger partial charge in [0, 0.05) is 18.1 Å². The van der Waals surface area contributed by atoms with Crippen molar-refractivity contribution >= 4 is 27.8 Å². The summed E-state index contributed by atoms with van der Waals surface area (Å²) in [6.45, 7) is 0.476. The predicted molar refractivity (Wildman–Crippen MR) is 76.1 cm³/mol. The summed E-state index contributed by atoms with van der Waals surface area (Å²) in [5, 5.41) is 8.86. The zero-order chi connectivity index (χ0) is 14.7. The lowest BCUT2D eigenvalue weighted by atomic mass is 10.1. The molecule has 1 amide bonds. The fourth-order valence-corrected chi connectivity index (χ4v) is 2.45. The lowest BCUT2D eigenvalue weighted by Crippen LogP contribution is -2.36. The summed E-state index contributed by atoms with van der Waals surface area (Å²) in [6.07, 6.45) is -0.653. The standard InChI is InChI=1S/C14H16BrNO4/c1-16(8-9-2-4-10(15)5-3-9)13(17)11-6-7-12(20-11)14(18)19/h2-5,11-12H,6-8H2,1H3,(H,18,19)/t11-,12+/m0/s1. The van der Waals surface area contributed by atoms with Crippen LogP contribution in [0, 0.1) is 0 Å². The number of hydrogen-bond acceptors (Lipinski definition) is 3. The van der Waals surface area contributed by atoms with Gasteiger partial charge in [-0.3, -0.25) is 4.79 Å². The molecule has 1 aromatic rings. The van der Waals surface area contributed by atoms with Crippen LogP contribution in [0.5, 0.6) is 0 Å². The molecular formula is C14H16BrNO4. The van der Waals surface area contributed by atoms with Crippen molar-refractivity contribution in [2.45, 2.75) is 31.6 Å². The third-order valence-electron chi connectivity index (χ3n) is 3.28. The molecule has 0 aliphatic carbocycles. The lowest BCUT2D eigenvalue weighted by molar-refractivity contribution is -0.154. The van der Waals surface area contributed by atoms with Gasteiger partial charge in [-0.05, 0) is 30.5 Å². The predicted octanol–water partition coefficient (Wildman–Crippen LogP) is 2.04. The normalized spacial score (nSPS) is 21.7. The van der Waals surface area contributed by atoms with Gasteiger partial charge in [0.25, 0.3) is 5.91 Å². The van der Waals surface area contributed by atoms with E-state index in [1.54, 1.807) is 11.9 Å². The van der Waals surface area contributed by atoms with Gasteiger partial charge in [0.15, 0.2) is 6.10 Å². The Balaban J connectivity index is 1.92. The molecule has 2 atom stereocenters. The maximum Gasteiger partial charge on any atom is 0.332 e. The van der Waals surface area contributed by atoms with Crippen LogP contribution in [0.4, 0.5) is 0 Å². The first-order valence-corrected chi connectivity index (χ1v) is 7.14. The van der Waals surface area contributed by atoms with Gasteiger partial charge < -0.3 is 14.7 Å². The topological polar surface area (TPSA) is 66.8 Å². The fraction of sp³-hybridized carbons (Fsp3) is 0.429. The number of carbonyl (C=O) groups excluding carboxylic acids is 1. The Morgan fingerprint density at radius 1 is 1.30 bits per heavy atom. The minimum Gasteiger partial charge on any atom is -0.479 e. The number of carboxylic acid groups (broad SMARTS) is 1. The molecule has 0 unspecified atom stereocenters. The van der Waals surface area contributed by atoms with E-state index in [1.807, 2.05) is 24.3 Å². The van der Waals surface area contributed by atoms with Crippen LogP contribution in [0.2, 0.25) is 0 Å². The molecule has 1 heterocycles. The summed E-state index contributed by atoms with van der Waals surface area (Å²) in [7, 11) is 1.70. The third-order valence-corrected chi connectivity index (χ3v) is 3.81. The Labute approximate surface area is 125 Å². The molecule has 0 bridgehead atoms. The van der Waals surface area contributed by atoms with Gasteiger partial charge in [-0.2, -0.15) is 0 Å². The number of nitrogens with zero attached hydrogens (tertiary/aromatic N) is 1. The second-order valence-electron chi connectivity index (χ2n) is 4.85. The largest absolute Gasteiger partial charge is 0.479 e. The van der Waals surface area contributed by atoms with Crippen molar-refractivity contribution in [2.75, 3.05) is 7.05 Å². The molecule has 1 fully saturated rings. The summed E-state index contributed by atoms with van der Waals surface area (Å²) in [6, 6.07) is 7.70. The molecule has 0 saturated carbocycles. The van der Waals surface area contributed by atoms with Crippen molar-refractivity contribution in [3.05, 3.63) is 34.3 Å². The van der Waals surface area contributed by atoms with Crippen molar-refractivity contribution in [3.63, 3.8) is 0 Å². The van der Waals surface area contributed by atoms with Gasteiger partial charge in [0.1, 0.15) is 6.10 Å². The first-order valence-electron chi connectivity index (χ1n) is 6.35. The molecule has 0 aromatic heterocycles. The summed E-state index contributed by atoms with van der Waals surface area (Å²) >= 11 is 3.36. The molecular weight excluding hydrogens is 326 g/mol. The quantitative estimate of drug-likeness (QED) is 0.909. The molecule has 1 aromatic carbocycles. The van der Waals surface area contributed by atoms with E-state index in [4.69, 9.17) is 9.84 Å². The van der Waals surface area contributed by atoms with Crippen molar-refractivity contribution in [3.8, 4) is 0 Å². The van der Waals surface area contributed by atoms with E-state index in [2.05, 4.69) is 15.9 Å². The molecule has 1 N–H and O–H groups in total. The SMILES string of the molecule is CN(Cc1ccc(Br)cc1)C(=O)[C@@H]1CC[C@H](C(=O)O)O1. The zero-order valence-electron chi connectivity index (χ0n) is 11.1. The zero-order valence-corrected chi connectivity index (χ0v) is 12.7. The fourth-order valence-electron chi connectivity index (χ4n) is 2.19. The third kappa shape index (κ3) is 3.58. The Hall–Kier alpha value is -1.40. The van der Waals surface area contributed by atoms with Gasteiger partial charge in [-0.15, -0.1) is 0 Å². The number of halogens is 1. The van der Waals surface area contributed by atoms with E-state index in [9.17, 15) is 9.59 Å². The number of rotatable bonds is 4. The van der Waals surface area contributed by atoms with Gasteiger partial charge in [0.2, 0.25) is 0 Å². The highest BCUT2D eigenvalue weighted by molar-refractivity contribution is 9.10. The van der Waals surface area contributed by atoms with E-state index in [0.29, 0.717) is 19.4 Å². The number of carbonyl (C=O) groups is 2. The number of aliphatic carboxylic acids is 1. The molecule has 20 heavy (non-hydrogen) atoms. The van der Waals surface area contributed by atoms with Crippen LogP contribution < -0.4 is 0 Å². The summed E-state index contributed by atoms with van der Waals surface area (Å²) in [4.78, 5) is 24.6. The minimum absolute atomic E-state index is 0.170. The van der Waals surface area contributed by atoms with Crippen molar-refractivity contribution in [1.82, 2.24) is 4.90 Å². The number of amides is 1. The van der Waals surface area contributed by atoms with Gasteiger partial charge in [-0.1, -0.05) is 28.1 Å². The monoisotopic (exact) mass is 341 g/mol. The maximum absolute atomic E-state index is 12.2. The Morgan fingerprint density at radius 2 is 1.90 bits per heavy atom. The van der Waals surface area contributed by atoms with Crippen LogP contribution >= 0.6 is 15.9 Å². The molecule has 1 saturated heterocycles. The number of likely N-dealkylation sites (N-methyl/N-ethyl adjacent to an activating group) is 1. The highest BCUT2D eigenvalue weighted by Gasteiger charge is 2.35. The summed E-state index contributed by atoms with van der Waals surface area (Å²) in [5.74, 6) is -1.17. The number of benzene rings is 1. The van der Waals surface area contributed by atoms with Crippen molar-refractivity contribution in [2.24, 2.45) is 0 Å². The molecule has 6 heteroatoms. The lowest BCUT2D eigenvalue weighted by Gasteiger charge is -2.21. The number of hydrogen-bond donors (Lipinski definition) is 1. The average Bonchev–Trinajstić information content (AvgIpc) is 2.90. The molecule has 5 nitrogen and oxygen atoms in total. The minimum atomic E-state index is -1.00. The Bertz CT molecular complexity index is 502. The first-order chi connectivity index (χ1) is 9.47. The molecule has 2 rings (SSSR count). The van der Waals surface area contributed by atoms with E-state index in [-0.39, 0.29) is 5.91 Å². The second-order valence-corrected chi connectivity index (χ2v) is 5.77. The second kappa shape index (κ2) is 6.37. The molecule has 0 radical (unpaired) electrons. The number of ether oxygens (including phenoxy) is 1. The first kappa shape index (κ1) is 15.0. The van der Waals surface area contributed by atoms with Crippen LogP contribution in [0.1, 0.15) is 18.4 Å². The van der Waals surface area contributed by atoms with Crippen LogP contribution in [-0.2, 0) is 20.9 Å². The smallest absolute Gasteiger partial charge is 0.332 e. The molecule has 108 valence electrons. The maximum atomic E-state index is 12.2. The van der Waals surface area contributed by atoms with Crippen molar-refractivity contribution in [1.29, 1.82) is 0 Å². The highest BCUT2D eigenvalue weighted by Crippen LogP contribution is 2.22. The van der Waals surface area contributed by atoms with Gasteiger partial charge in [-0.25, -0.2) is 4.79 Å². The summed E-state index contributed by atoms with van der Waals surface area (Å²) < 4.78 is 6.25. The Morgan fingerprint density at radius 3 is 2.45 bits per heavy atom. The molecule has 1 aliphatic heterocycles. The van der Waals surface area contributed by atoms with Crippen LogP contribution in [0.25, 0.3) is 0 Å². The summed E-state index contributed by atoms with van der Waals surface area (Å²) in [5.41, 5.74) is 1.01. The van der Waals surface area contributed by atoms with Crippen LogP contribution in [-0.4, -0.2) is 41.1 Å². The number of carboxylic acids is 1. The Kier molecular flexibility index (Phi) is 4.77.